The maximum Gasteiger partial charge on any atom is 0.169 e. The van der Waals surface area contributed by atoms with E-state index in [1.807, 2.05) is 4.90 Å². The van der Waals surface area contributed by atoms with Crippen LogP contribution >= 0.6 is 12.2 Å². The highest BCUT2D eigenvalue weighted by Crippen LogP contribution is 2.22. The van der Waals surface area contributed by atoms with E-state index in [0.29, 0.717) is 30.3 Å². The Hall–Kier alpha value is -1.69. The number of rotatable bonds is 8. The van der Waals surface area contributed by atoms with Gasteiger partial charge in [0, 0.05) is 38.3 Å². The number of halogens is 1. The molecule has 1 aromatic carbocycles. The van der Waals surface area contributed by atoms with Crippen LogP contribution in [0.3, 0.4) is 0 Å². The monoisotopic (exact) mass is 393 g/mol. The Balaban J connectivity index is 1.84. The molecule has 6 heteroatoms. The number of ketones is 1. The molecule has 1 aliphatic rings. The maximum atomic E-state index is 14.4. The van der Waals surface area contributed by atoms with E-state index >= 15 is 0 Å². The lowest BCUT2D eigenvalue weighted by Gasteiger charge is -2.37. The van der Waals surface area contributed by atoms with Crippen molar-refractivity contribution in [2.24, 2.45) is 5.92 Å². The Morgan fingerprint density at radius 2 is 1.96 bits per heavy atom. The first-order chi connectivity index (χ1) is 13.0. The summed E-state index contributed by atoms with van der Waals surface area (Å²) >= 11 is 5.56. The number of carbonyl (C=O) groups excluding carboxylic acids is 1. The van der Waals surface area contributed by atoms with Gasteiger partial charge >= 0.3 is 0 Å². The highest BCUT2D eigenvalue weighted by atomic mass is 32.1. The number of Topliss-reactive ketones (excluding diaryl/α,β-unsaturated/α-hetero) is 1. The molecule has 150 valence electrons. The van der Waals surface area contributed by atoms with Crippen molar-refractivity contribution in [3.8, 4) is 0 Å². The molecule has 0 saturated carbocycles. The number of hydrogen-bond acceptors (Lipinski definition) is 3. The summed E-state index contributed by atoms with van der Waals surface area (Å²) in [7, 11) is 0. The van der Waals surface area contributed by atoms with Crippen molar-refractivity contribution >= 4 is 28.8 Å². The molecule has 0 radical (unpaired) electrons. The molecule has 4 nitrogen and oxygen atoms in total. The number of anilines is 1. The molecule has 0 spiro atoms. The second kappa shape index (κ2) is 10.6. The maximum absolute atomic E-state index is 14.4. The zero-order chi connectivity index (χ0) is 19.8. The normalized spacial score (nSPS) is 15.6. The van der Waals surface area contributed by atoms with Gasteiger partial charge in [0.15, 0.2) is 10.9 Å². The Bertz CT molecular complexity index is 644. The number of nitrogens with one attached hydrogen (secondary N) is 1. The third-order valence-corrected chi connectivity index (χ3v) is 5.75. The van der Waals surface area contributed by atoms with Crippen LogP contribution < -0.4 is 10.2 Å². The molecule has 2 rings (SSSR count). The van der Waals surface area contributed by atoms with Gasteiger partial charge in [0.1, 0.15) is 5.82 Å². The number of benzene rings is 1. The van der Waals surface area contributed by atoms with Gasteiger partial charge in [0.25, 0.3) is 0 Å². The second-order valence-corrected chi connectivity index (χ2v) is 7.69. The minimum Gasteiger partial charge on any atom is -0.366 e. The molecule has 0 aliphatic carbocycles. The van der Waals surface area contributed by atoms with Crippen LogP contribution in [-0.4, -0.2) is 48.5 Å². The molecule has 0 amide bonds. The fraction of sp³-hybridized carbons (Fsp3) is 0.619. The summed E-state index contributed by atoms with van der Waals surface area (Å²) in [6.45, 7) is 9.80. The summed E-state index contributed by atoms with van der Waals surface area (Å²) < 4.78 is 14.4. The molecule has 0 unspecified atom stereocenters. The summed E-state index contributed by atoms with van der Waals surface area (Å²) in [5.74, 6) is 0.211. The van der Waals surface area contributed by atoms with Crippen molar-refractivity contribution in [1.82, 2.24) is 10.2 Å². The molecule has 1 heterocycles. The van der Waals surface area contributed by atoms with E-state index in [9.17, 15) is 9.18 Å². The number of unbranched alkanes of at least 4 members (excludes halogenated alkanes) is 1. The highest BCUT2D eigenvalue weighted by Gasteiger charge is 2.21. The number of hydrogen-bond donors (Lipinski definition) is 1. The molecular weight excluding hydrogens is 361 g/mol. The summed E-state index contributed by atoms with van der Waals surface area (Å²) in [6, 6.07) is 4.73. The number of piperazine rings is 1. The lowest BCUT2D eigenvalue weighted by atomic mass is 9.99. The van der Waals surface area contributed by atoms with Crippen LogP contribution in [-0.2, 0) is 0 Å². The highest BCUT2D eigenvalue weighted by molar-refractivity contribution is 7.80. The predicted octanol–water partition coefficient (Wildman–Crippen LogP) is 4.24. The van der Waals surface area contributed by atoms with Gasteiger partial charge in [0.2, 0.25) is 0 Å². The number of thiocarbonyl (C=S) groups is 1. The quantitative estimate of drug-likeness (QED) is 0.528. The Labute approximate surface area is 168 Å². The Kier molecular flexibility index (Phi) is 8.48. The first kappa shape index (κ1) is 21.6. The van der Waals surface area contributed by atoms with Crippen LogP contribution in [0, 0.1) is 11.7 Å². The third kappa shape index (κ3) is 6.16. The number of nitrogens with zero attached hydrogens (tertiary/aromatic N) is 2. The van der Waals surface area contributed by atoms with E-state index in [-0.39, 0.29) is 11.6 Å². The van der Waals surface area contributed by atoms with E-state index in [0.717, 1.165) is 24.7 Å². The van der Waals surface area contributed by atoms with Crippen LogP contribution in [0.4, 0.5) is 10.1 Å². The van der Waals surface area contributed by atoms with E-state index in [4.69, 9.17) is 12.2 Å². The van der Waals surface area contributed by atoms with E-state index in [2.05, 4.69) is 24.1 Å². The Morgan fingerprint density at radius 1 is 1.26 bits per heavy atom. The molecule has 0 aromatic heterocycles. The first-order valence-electron chi connectivity index (χ1n) is 10.0. The van der Waals surface area contributed by atoms with Crippen LogP contribution in [0.1, 0.15) is 56.8 Å². The molecule has 27 heavy (non-hydrogen) atoms. The van der Waals surface area contributed by atoms with Gasteiger partial charge in [-0.1, -0.05) is 33.1 Å². The van der Waals surface area contributed by atoms with Gasteiger partial charge in [-0.25, -0.2) is 4.39 Å². The smallest absolute Gasteiger partial charge is 0.169 e. The van der Waals surface area contributed by atoms with Gasteiger partial charge in [0.05, 0.1) is 5.69 Å². The molecule has 1 N–H and O–H groups in total. The van der Waals surface area contributed by atoms with Crippen molar-refractivity contribution in [2.75, 3.05) is 37.6 Å². The predicted molar refractivity (Wildman–Crippen MR) is 114 cm³/mol. The van der Waals surface area contributed by atoms with Crippen LogP contribution in [0.25, 0.3) is 0 Å². The topological polar surface area (TPSA) is 35.6 Å². The van der Waals surface area contributed by atoms with E-state index < -0.39 is 0 Å². The van der Waals surface area contributed by atoms with Crippen molar-refractivity contribution in [2.45, 2.75) is 46.5 Å². The van der Waals surface area contributed by atoms with Gasteiger partial charge < -0.3 is 15.1 Å². The van der Waals surface area contributed by atoms with Crippen molar-refractivity contribution in [3.63, 3.8) is 0 Å². The third-order valence-electron chi connectivity index (χ3n) is 5.35. The first-order valence-corrected chi connectivity index (χ1v) is 10.4. The minimum absolute atomic E-state index is 0.119. The average Bonchev–Trinajstić information content (AvgIpc) is 2.68. The Morgan fingerprint density at radius 3 is 2.52 bits per heavy atom. The van der Waals surface area contributed by atoms with Crippen LogP contribution in [0.5, 0.6) is 0 Å². The summed E-state index contributed by atoms with van der Waals surface area (Å²) in [4.78, 5) is 15.6. The summed E-state index contributed by atoms with van der Waals surface area (Å²) in [5, 5.41) is 4.23. The molecular formula is C21H32FN3OS. The molecule has 0 bridgehead atoms. The van der Waals surface area contributed by atoms with E-state index in [1.54, 1.807) is 12.1 Å². The zero-order valence-electron chi connectivity index (χ0n) is 16.8. The van der Waals surface area contributed by atoms with Crippen LogP contribution in [0.2, 0.25) is 0 Å². The fourth-order valence-corrected chi connectivity index (χ4v) is 3.69. The molecule has 1 saturated heterocycles. The molecule has 1 atom stereocenters. The second-order valence-electron chi connectivity index (χ2n) is 7.30. The van der Waals surface area contributed by atoms with Gasteiger partial charge in [-0.15, -0.1) is 0 Å². The van der Waals surface area contributed by atoms with Crippen molar-refractivity contribution in [3.05, 3.63) is 29.6 Å². The zero-order valence-corrected chi connectivity index (χ0v) is 17.6. The lowest BCUT2D eigenvalue weighted by molar-refractivity contribution is 0.101. The van der Waals surface area contributed by atoms with Gasteiger partial charge in [-0.3, -0.25) is 4.79 Å². The average molecular weight is 394 g/mol. The largest absolute Gasteiger partial charge is 0.366 e. The standard InChI is InChI=1S/C21H32FN3OS/c1-4-6-7-17(5-2)15-23-21(27)25-12-10-24(11-13-25)20-9-8-18(16(3)26)14-19(20)22/h8-9,14,17H,4-7,10-13,15H2,1-3H3,(H,23,27)/t17-/m1/s1. The lowest BCUT2D eigenvalue weighted by Crippen LogP contribution is -2.52. The number of carbonyl (C=O) groups is 1. The van der Waals surface area contributed by atoms with Crippen molar-refractivity contribution in [1.29, 1.82) is 0 Å². The van der Waals surface area contributed by atoms with E-state index in [1.165, 1.54) is 38.7 Å². The summed E-state index contributed by atoms with van der Waals surface area (Å²) in [6.07, 6.45) is 4.90. The van der Waals surface area contributed by atoms with Gasteiger partial charge in [-0.2, -0.15) is 0 Å². The summed E-state index contributed by atoms with van der Waals surface area (Å²) in [5.41, 5.74) is 0.970. The molecule has 1 aliphatic heterocycles. The van der Waals surface area contributed by atoms with Gasteiger partial charge in [-0.05, 0) is 49.7 Å². The molecule has 1 aromatic rings. The molecule has 1 fully saturated rings. The van der Waals surface area contributed by atoms with Crippen molar-refractivity contribution < 1.29 is 9.18 Å². The minimum atomic E-state index is -0.335. The fourth-order valence-electron chi connectivity index (χ4n) is 3.42. The SMILES string of the molecule is CCCC[C@@H](CC)CNC(=S)N1CCN(c2ccc(C(C)=O)cc2F)CC1. The van der Waals surface area contributed by atoms with Crippen LogP contribution in [0.15, 0.2) is 18.2 Å².